The molecule has 2 fully saturated rings. The molecule has 0 unspecified atom stereocenters. The molecule has 2 aliphatic rings. The third-order valence-corrected chi connectivity index (χ3v) is 3.15. The molecule has 0 amide bonds. The summed E-state index contributed by atoms with van der Waals surface area (Å²) < 4.78 is 5.39. The van der Waals surface area contributed by atoms with Crippen LogP contribution in [0.5, 0.6) is 0 Å². The highest BCUT2D eigenvalue weighted by atomic mass is 16.3. The van der Waals surface area contributed by atoms with Crippen molar-refractivity contribution in [2.75, 3.05) is 0 Å². The largest absolute Gasteiger partial charge is 0.467 e. The zero-order valence-electron chi connectivity index (χ0n) is 9.80. The maximum absolute atomic E-state index is 5.59. The summed E-state index contributed by atoms with van der Waals surface area (Å²) >= 11 is 0. The third-order valence-electron chi connectivity index (χ3n) is 3.15. The number of aliphatic imine (C=N–C) groups is 1. The van der Waals surface area contributed by atoms with E-state index in [0.29, 0.717) is 12.1 Å². The maximum Gasteiger partial charge on any atom is 0.209 e. The highest BCUT2D eigenvalue weighted by molar-refractivity contribution is 5.80. The Kier molecular flexibility index (Phi) is 2.76. The van der Waals surface area contributed by atoms with Gasteiger partial charge in [-0.2, -0.15) is 0 Å². The molecule has 0 bridgehead atoms. The second-order valence-corrected chi connectivity index (χ2v) is 4.77. The van der Waals surface area contributed by atoms with Crippen molar-refractivity contribution in [3.05, 3.63) is 24.2 Å². The maximum atomic E-state index is 5.59. The first kappa shape index (κ1) is 10.7. The zero-order chi connectivity index (χ0) is 11.7. The Balaban J connectivity index is 1.73. The second kappa shape index (κ2) is 4.41. The van der Waals surface area contributed by atoms with Gasteiger partial charge in [0.15, 0.2) is 0 Å². The monoisotopic (exact) mass is 234 g/mol. The van der Waals surface area contributed by atoms with E-state index >= 15 is 0 Å². The van der Waals surface area contributed by atoms with Gasteiger partial charge in [-0.25, -0.2) is 10.8 Å². The highest BCUT2D eigenvalue weighted by Crippen LogP contribution is 2.30. The van der Waals surface area contributed by atoms with Gasteiger partial charge in [-0.05, 0) is 37.8 Å². The SMILES string of the molecule is NNC(=NC1CC1)N(Cc1ccco1)C1CC1. The van der Waals surface area contributed by atoms with E-state index in [1.165, 1.54) is 25.7 Å². The predicted octanol–water partition coefficient (Wildman–Crippen LogP) is 1.23. The van der Waals surface area contributed by atoms with Gasteiger partial charge in [0.05, 0.1) is 18.8 Å². The molecule has 1 heterocycles. The molecule has 0 spiro atoms. The average Bonchev–Trinajstić information content (AvgIpc) is 3.26. The minimum Gasteiger partial charge on any atom is -0.467 e. The molecule has 0 radical (unpaired) electrons. The number of hydrazine groups is 1. The van der Waals surface area contributed by atoms with Crippen LogP contribution in [0, 0.1) is 0 Å². The molecule has 5 heteroatoms. The number of hydrogen-bond donors (Lipinski definition) is 2. The fourth-order valence-corrected chi connectivity index (χ4v) is 1.90. The molecule has 5 nitrogen and oxygen atoms in total. The lowest BCUT2D eigenvalue weighted by molar-refractivity contribution is 0.342. The first-order valence-corrected chi connectivity index (χ1v) is 6.20. The van der Waals surface area contributed by atoms with Gasteiger partial charge in [-0.1, -0.05) is 0 Å². The number of guanidine groups is 1. The van der Waals surface area contributed by atoms with Crippen LogP contribution in [0.15, 0.2) is 27.8 Å². The van der Waals surface area contributed by atoms with Crippen LogP contribution in [-0.4, -0.2) is 22.9 Å². The van der Waals surface area contributed by atoms with Gasteiger partial charge >= 0.3 is 0 Å². The molecular formula is C12H18N4O. The molecule has 0 saturated heterocycles. The van der Waals surface area contributed by atoms with Crippen molar-refractivity contribution in [1.82, 2.24) is 10.3 Å². The van der Waals surface area contributed by atoms with Gasteiger partial charge < -0.3 is 9.32 Å². The molecule has 3 rings (SSSR count). The predicted molar refractivity (Wildman–Crippen MR) is 65.1 cm³/mol. The second-order valence-electron chi connectivity index (χ2n) is 4.77. The van der Waals surface area contributed by atoms with Crippen molar-refractivity contribution < 1.29 is 4.42 Å². The van der Waals surface area contributed by atoms with Crippen molar-refractivity contribution >= 4 is 5.96 Å². The van der Waals surface area contributed by atoms with Gasteiger partial charge in [0.2, 0.25) is 5.96 Å². The minimum absolute atomic E-state index is 0.471. The van der Waals surface area contributed by atoms with Crippen molar-refractivity contribution in [2.45, 2.75) is 44.3 Å². The molecule has 1 aromatic heterocycles. The van der Waals surface area contributed by atoms with Crippen LogP contribution in [-0.2, 0) is 6.54 Å². The first-order valence-electron chi connectivity index (χ1n) is 6.20. The topological polar surface area (TPSA) is 66.8 Å². The quantitative estimate of drug-likeness (QED) is 0.356. The molecular weight excluding hydrogens is 216 g/mol. The summed E-state index contributed by atoms with van der Waals surface area (Å²) in [6.07, 6.45) is 6.50. The van der Waals surface area contributed by atoms with Crippen molar-refractivity contribution in [2.24, 2.45) is 10.8 Å². The highest BCUT2D eigenvalue weighted by Gasteiger charge is 2.33. The smallest absolute Gasteiger partial charge is 0.209 e. The van der Waals surface area contributed by atoms with E-state index < -0.39 is 0 Å². The van der Waals surface area contributed by atoms with Crippen LogP contribution in [0.4, 0.5) is 0 Å². The lowest BCUT2D eigenvalue weighted by Gasteiger charge is -2.24. The number of nitrogens with one attached hydrogen (secondary N) is 1. The molecule has 0 aromatic carbocycles. The third kappa shape index (κ3) is 2.61. The number of hydrogen-bond acceptors (Lipinski definition) is 3. The van der Waals surface area contributed by atoms with E-state index in [1.807, 2.05) is 12.1 Å². The molecule has 1 aromatic rings. The summed E-state index contributed by atoms with van der Waals surface area (Å²) in [5, 5.41) is 0. The summed E-state index contributed by atoms with van der Waals surface area (Å²) in [7, 11) is 0. The molecule has 17 heavy (non-hydrogen) atoms. The molecule has 92 valence electrons. The normalized spacial score (nSPS) is 20.4. The van der Waals surface area contributed by atoms with Gasteiger partial charge in [0, 0.05) is 6.04 Å². The number of rotatable bonds is 4. The Morgan fingerprint density at radius 3 is 2.82 bits per heavy atom. The van der Waals surface area contributed by atoms with E-state index in [4.69, 9.17) is 10.3 Å². The lowest BCUT2D eigenvalue weighted by Crippen LogP contribution is -2.45. The van der Waals surface area contributed by atoms with E-state index in [-0.39, 0.29) is 0 Å². The minimum atomic E-state index is 0.471. The van der Waals surface area contributed by atoms with Crippen molar-refractivity contribution in [3.8, 4) is 0 Å². The Hall–Kier alpha value is -1.49. The van der Waals surface area contributed by atoms with E-state index in [1.54, 1.807) is 6.26 Å². The summed E-state index contributed by atoms with van der Waals surface area (Å²) in [6.45, 7) is 0.743. The standard InChI is InChI=1S/C12H18N4O/c13-15-12(14-9-3-4-9)16(10-5-6-10)8-11-2-1-7-17-11/h1-2,7,9-10H,3-6,8,13H2,(H,14,15). The van der Waals surface area contributed by atoms with Crippen LogP contribution in [0.1, 0.15) is 31.4 Å². The molecule has 3 N–H and O–H groups in total. The zero-order valence-corrected chi connectivity index (χ0v) is 9.80. The van der Waals surface area contributed by atoms with Crippen LogP contribution in [0.3, 0.4) is 0 Å². The fourth-order valence-electron chi connectivity index (χ4n) is 1.90. The van der Waals surface area contributed by atoms with E-state index in [2.05, 4.69) is 15.3 Å². The Morgan fingerprint density at radius 2 is 2.29 bits per heavy atom. The fraction of sp³-hybridized carbons (Fsp3) is 0.583. The molecule has 2 saturated carbocycles. The Morgan fingerprint density at radius 1 is 1.47 bits per heavy atom. The molecule has 0 aliphatic heterocycles. The van der Waals surface area contributed by atoms with Crippen molar-refractivity contribution in [3.63, 3.8) is 0 Å². The van der Waals surface area contributed by atoms with Gasteiger partial charge in [-0.3, -0.25) is 5.43 Å². The van der Waals surface area contributed by atoms with Gasteiger partial charge in [0.25, 0.3) is 0 Å². The average molecular weight is 234 g/mol. The Bertz CT molecular complexity index is 393. The Labute approximate surface area is 101 Å². The van der Waals surface area contributed by atoms with Crippen LogP contribution >= 0.6 is 0 Å². The van der Waals surface area contributed by atoms with Gasteiger partial charge in [0.1, 0.15) is 5.76 Å². The van der Waals surface area contributed by atoms with Crippen LogP contribution in [0.2, 0.25) is 0 Å². The lowest BCUT2D eigenvalue weighted by atomic mass is 10.4. The van der Waals surface area contributed by atoms with E-state index in [0.717, 1.165) is 18.3 Å². The number of nitrogens with two attached hydrogens (primary N) is 1. The molecule has 0 atom stereocenters. The van der Waals surface area contributed by atoms with E-state index in [9.17, 15) is 0 Å². The first-order chi connectivity index (χ1) is 8.36. The van der Waals surface area contributed by atoms with Crippen LogP contribution < -0.4 is 11.3 Å². The number of nitrogens with zero attached hydrogens (tertiary/aromatic N) is 2. The molecule has 2 aliphatic carbocycles. The van der Waals surface area contributed by atoms with Crippen LogP contribution in [0.25, 0.3) is 0 Å². The number of furan rings is 1. The summed E-state index contributed by atoms with van der Waals surface area (Å²) in [5.41, 5.74) is 2.74. The summed E-state index contributed by atoms with van der Waals surface area (Å²) in [5.74, 6) is 7.36. The summed E-state index contributed by atoms with van der Waals surface area (Å²) in [6, 6.07) is 4.93. The van der Waals surface area contributed by atoms with Gasteiger partial charge in [-0.15, -0.1) is 0 Å². The summed E-state index contributed by atoms with van der Waals surface area (Å²) in [4.78, 5) is 6.83. The van der Waals surface area contributed by atoms with Crippen molar-refractivity contribution in [1.29, 1.82) is 0 Å².